The highest BCUT2D eigenvalue weighted by molar-refractivity contribution is 7.88. The standard InChI is InChI=1S/C14H19N3O2S/c1-10-7-12-9-15-16-14(12)8-13(10)11-3-5-17(6-4-11)20(2,18)19/h7-9,11H,3-6H2,1-2H3,(H,15,16). The number of rotatable bonds is 2. The van der Waals surface area contributed by atoms with Crippen LogP contribution in [0.4, 0.5) is 0 Å². The van der Waals surface area contributed by atoms with Crippen LogP contribution in [0.3, 0.4) is 0 Å². The molecule has 0 spiro atoms. The fourth-order valence-electron chi connectivity index (χ4n) is 3.06. The Bertz CT molecular complexity index is 728. The molecule has 0 aliphatic carbocycles. The molecule has 5 nitrogen and oxygen atoms in total. The van der Waals surface area contributed by atoms with Crippen LogP contribution in [0, 0.1) is 6.92 Å². The van der Waals surface area contributed by atoms with E-state index in [9.17, 15) is 8.42 Å². The topological polar surface area (TPSA) is 66.1 Å². The number of benzene rings is 1. The first-order valence-corrected chi connectivity index (χ1v) is 8.69. The molecule has 0 saturated carbocycles. The quantitative estimate of drug-likeness (QED) is 0.921. The van der Waals surface area contributed by atoms with E-state index in [1.807, 2.05) is 6.20 Å². The molecule has 20 heavy (non-hydrogen) atoms. The van der Waals surface area contributed by atoms with E-state index in [2.05, 4.69) is 29.3 Å². The molecule has 1 aliphatic heterocycles. The molecule has 1 fully saturated rings. The summed E-state index contributed by atoms with van der Waals surface area (Å²) in [6.45, 7) is 3.35. The minimum atomic E-state index is -3.05. The Balaban J connectivity index is 1.84. The number of hydrogen-bond donors (Lipinski definition) is 1. The van der Waals surface area contributed by atoms with Crippen molar-refractivity contribution in [3.05, 3.63) is 29.5 Å². The van der Waals surface area contributed by atoms with E-state index in [1.54, 1.807) is 4.31 Å². The third-order valence-electron chi connectivity index (χ3n) is 4.19. The average Bonchev–Trinajstić information content (AvgIpc) is 2.84. The lowest BCUT2D eigenvalue weighted by Crippen LogP contribution is -2.37. The van der Waals surface area contributed by atoms with Crippen molar-refractivity contribution in [2.24, 2.45) is 0 Å². The molecule has 1 saturated heterocycles. The van der Waals surface area contributed by atoms with Gasteiger partial charge in [-0.1, -0.05) is 0 Å². The number of aryl methyl sites for hydroxylation is 1. The van der Waals surface area contributed by atoms with Crippen LogP contribution in [0.15, 0.2) is 18.3 Å². The van der Waals surface area contributed by atoms with Crippen LogP contribution in [0.2, 0.25) is 0 Å². The summed E-state index contributed by atoms with van der Waals surface area (Å²) in [7, 11) is -3.05. The molecule has 6 heteroatoms. The first-order valence-electron chi connectivity index (χ1n) is 6.84. The zero-order valence-electron chi connectivity index (χ0n) is 11.8. The molecule has 108 valence electrons. The molecule has 0 unspecified atom stereocenters. The fourth-order valence-corrected chi connectivity index (χ4v) is 3.93. The third-order valence-corrected chi connectivity index (χ3v) is 5.49. The first kappa shape index (κ1) is 13.6. The van der Waals surface area contributed by atoms with E-state index in [1.165, 1.54) is 17.4 Å². The summed E-state index contributed by atoms with van der Waals surface area (Å²) in [5.41, 5.74) is 3.63. The van der Waals surface area contributed by atoms with Crippen molar-refractivity contribution >= 4 is 20.9 Å². The van der Waals surface area contributed by atoms with Gasteiger partial charge in [-0.2, -0.15) is 5.10 Å². The molecule has 3 rings (SSSR count). The van der Waals surface area contributed by atoms with Crippen LogP contribution in [0.1, 0.15) is 29.9 Å². The second kappa shape index (κ2) is 4.86. The highest BCUT2D eigenvalue weighted by atomic mass is 32.2. The molecular formula is C14H19N3O2S. The zero-order valence-corrected chi connectivity index (χ0v) is 12.6. The molecule has 2 aromatic rings. The van der Waals surface area contributed by atoms with E-state index in [-0.39, 0.29) is 0 Å². The lowest BCUT2D eigenvalue weighted by atomic mass is 9.87. The lowest BCUT2D eigenvalue weighted by molar-refractivity contribution is 0.321. The van der Waals surface area contributed by atoms with Gasteiger partial charge >= 0.3 is 0 Å². The second-order valence-corrected chi connectivity index (χ2v) is 7.58. The van der Waals surface area contributed by atoms with Gasteiger partial charge < -0.3 is 0 Å². The van der Waals surface area contributed by atoms with Crippen molar-refractivity contribution in [3.63, 3.8) is 0 Å². The molecule has 1 aromatic carbocycles. The van der Waals surface area contributed by atoms with Crippen molar-refractivity contribution in [2.75, 3.05) is 19.3 Å². The van der Waals surface area contributed by atoms with Crippen molar-refractivity contribution < 1.29 is 8.42 Å². The van der Waals surface area contributed by atoms with Crippen molar-refractivity contribution in [1.82, 2.24) is 14.5 Å². The molecule has 0 radical (unpaired) electrons. The van der Waals surface area contributed by atoms with Crippen molar-refractivity contribution in [3.8, 4) is 0 Å². The van der Waals surface area contributed by atoms with E-state index >= 15 is 0 Å². The summed E-state index contributed by atoms with van der Waals surface area (Å²) >= 11 is 0. The minimum Gasteiger partial charge on any atom is -0.278 e. The van der Waals surface area contributed by atoms with E-state index < -0.39 is 10.0 Å². The Hall–Kier alpha value is -1.40. The maximum atomic E-state index is 11.5. The summed E-state index contributed by atoms with van der Waals surface area (Å²) in [5.74, 6) is 0.431. The molecule has 2 heterocycles. The molecular weight excluding hydrogens is 274 g/mol. The largest absolute Gasteiger partial charge is 0.278 e. The van der Waals surface area contributed by atoms with E-state index in [4.69, 9.17) is 0 Å². The van der Waals surface area contributed by atoms with Gasteiger partial charge in [-0.25, -0.2) is 12.7 Å². The molecule has 1 aliphatic rings. The second-order valence-electron chi connectivity index (χ2n) is 5.60. The number of fused-ring (bicyclic) bond motifs is 1. The minimum absolute atomic E-state index is 0.431. The maximum absolute atomic E-state index is 11.5. The van der Waals surface area contributed by atoms with Crippen molar-refractivity contribution in [2.45, 2.75) is 25.7 Å². The van der Waals surface area contributed by atoms with Gasteiger partial charge in [-0.15, -0.1) is 0 Å². The number of aromatic nitrogens is 2. The Morgan fingerprint density at radius 1 is 1.30 bits per heavy atom. The van der Waals surface area contributed by atoms with Crippen LogP contribution in [-0.2, 0) is 10.0 Å². The molecule has 1 N–H and O–H groups in total. The Morgan fingerprint density at radius 3 is 2.65 bits per heavy atom. The number of nitrogens with one attached hydrogen (secondary N) is 1. The van der Waals surface area contributed by atoms with Gasteiger partial charge in [0.2, 0.25) is 10.0 Å². The summed E-state index contributed by atoms with van der Waals surface area (Å²) in [4.78, 5) is 0. The van der Waals surface area contributed by atoms with Crippen LogP contribution in [0.25, 0.3) is 10.9 Å². The van der Waals surface area contributed by atoms with Crippen LogP contribution < -0.4 is 0 Å². The van der Waals surface area contributed by atoms with Gasteiger partial charge in [-0.3, -0.25) is 5.10 Å². The monoisotopic (exact) mass is 293 g/mol. The molecule has 0 bridgehead atoms. The van der Waals surface area contributed by atoms with Gasteiger partial charge in [0.25, 0.3) is 0 Å². The van der Waals surface area contributed by atoms with Crippen LogP contribution in [-0.4, -0.2) is 42.3 Å². The number of hydrogen-bond acceptors (Lipinski definition) is 3. The highest BCUT2D eigenvalue weighted by Crippen LogP contribution is 2.32. The SMILES string of the molecule is Cc1cc2cn[nH]c2cc1C1CCN(S(C)(=O)=O)CC1. The Kier molecular flexibility index (Phi) is 3.30. The molecule has 1 aromatic heterocycles. The van der Waals surface area contributed by atoms with E-state index in [0.717, 1.165) is 23.7 Å². The summed E-state index contributed by atoms with van der Waals surface area (Å²) < 4.78 is 24.7. The van der Waals surface area contributed by atoms with E-state index in [0.29, 0.717) is 19.0 Å². The highest BCUT2D eigenvalue weighted by Gasteiger charge is 2.26. The van der Waals surface area contributed by atoms with Crippen molar-refractivity contribution in [1.29, 1.82) is 0 Å². The lowest BCUT2D eigenvalue weighted by Gasteiger charge is -2.31. The summed E-state index contributed by atoms with van der Waals surface area (Å²) in [5, 5.41) is 8.19. The van der Waals surface area contributed by atoms with Gasteiger partial charge in [0, 0.05) is 18.5 Å². The van der Waals surface area contributed by atoms with Gasteiger partial charge in [0.1, 0.15) is 0 Å². The van der Waals surface area contributed by atoms with Crippen LogP contribution >= 0.6 is 0 Å². The smallest absolute Gasteiger partial charge is 0.211 e. The fraction of sp³-hybridized carbons (Fsp3) is 0.500. The predicted octanol–water partition coefficient (Wildman–Crippen LogP) is 2.01. The first-order chi connectivity index (χ1) is 9.45. The number of sulfonamides is 1. The van der Waals surface area contributed by atoms with Gasteiger partial charge in [0.15, 0.2) is 0 Å². The predicted molar refractivity (Wildman–Crippen MR) is 79.2 cm³/mol. The molecule has 0 amide bonds. The Morgan fingerprint density at radius 2 is 2.00 bits per heavy atom. The number of nitrogens with zero attached hydrogens (tertiary/aromatic N) is 2. The average molecular weight is 293 g/mol. The molecule has 0 atom stereocenters. The normalized spacial score (nSPS) is 18.7. The third kappa shape index (κ3) is 2.45. The van der Waals surface area contributed by atoms with Crippen LogP contribution in [0.5, 0.6) is 0 Å². The zero-order chi connectivity index (χ0) is 14.3. The number of piperidine rings is 1. The maximum Gasteiger partial charge on any atom is 0.211 e. The number of aromatic amines is 1. The summed E-state index contributed by atoms with van der Waals surface area (Å²) in [6.07, 6.45) is 4.88. The Labute approximate surface area is 119 Å². The van der Waals surface area contributed by atoms with Gasteiger partial charge in [-0.05, 0) is 48.9 Å². The van der Waals surface area contributed by atoms with Gasteiger partial charge in [0.05, 0.1) is 18.0 Å². The summed E-state index contributed by atoms with van der Waals surface area (Å²) in [6, 6.07) is 4.32. The number of H-pyrrole nitrogens is 1.